The molecule has 3 heterocycles. The molecule has 120 valence electrons. The van der Waals surface area contributed by atoms with Crippen LogP contribution < -0.4 is 0 Å². The average molecular weight is 311 g/mol. The first-order chi connectivity index (χ1) is 11.3. The van der Waals surface area contributed by atoms with Crippen molar-refractivity contribution in [3.05, 3.63) is 46.9 Å². The number of rotatable bonds is 2. The summed E-state index contributed by atoms with van der Waals surface area (Å²) < 4.78 is 5.89. The quantitative estimate of drug-likeness (QED) is 0.854. The number of aryl methyl sites for hydroxylation is 2. The van der Waals surface area contributed by atoms with E-state index in [0.717, 1.165) is 73.4 Å². The third-order valence-corrected chi connectivity index (χ3v) is 5.02. The molecule has 1 aliphatic heterocycles. The Bertz CT molecular complexity index is 723. The molecule has 5 heteroatoms. The van der Waals surface area contributed by atoms with Crippen LogP contribution in [0, 0.1) is 6.92 Å². The topological polar surface area (TPSA) is 59.2 Å². The summed E-state index contributed by atoms with van der Waals surface area (Å²) in [5, 5.41) is 0. The van der Waals surface area contributed by atoms with Crippen molar-refractivity contribution in [1.29, 1.82) is 0 Å². The summed E-state index contributed by atoms with van der Waals surface area (Å²) in [6, 6.07) is 1.97. The van der Waals surface area contributed by atoms with Gasteiger partial charge in [-0.1, -0.05) is 0 Å². The number of amides is 1. The Balaban J connectivity index is 1.68. The first-order valence-corrected chi connectivity index (χ1v) is 8.43. The Morgan fingerprint density at radius 1 is 1.30 bits per heavy atom. The third kappa shape index (κ3) is 2.44. The zero-order valence-electron chi connectivity index (χ0n) is 13.4. The van der Waals surface area contributed by atoms with Gasteiger partial charge in [0.2, 0.25) is 0 Å². The summed E-state index contributed by atoms with van der Waals surface area (Å²) in [5.74, 6) is 1.90. The van der Waals surface area contributed by atoms with Crippen LogP contribution in [0.25, 0.3) is 0 Å². The van der Waals surface area contributed by atoms with Crippen molar-refractivity contribution in [3.63, 3.8) is 0 Å². The van der Waals surface area contributed by atoms with Gasteiger partial charge in [0.15, 0.2) is 0 Å². The van der Waals surface area contributed by atoms with Crippen molar-refractivity contribution in [2.75, 3.05) is 6.54 Å². The van der Waals surface area contributed by atoms with Crippen molar-refractivity contribution in [2.24, 2.45) is 0 Å². The van der Waals surface area contributed by atoms with Gasteiger partial charge in [-0.15, -0.1) is 0 Å². The average Bonchev–Trinajstić information content (AvgIpc) is 3.18. The molecule has 5 nitrogen and oxygen atoms in total. The molecule has 0 radical (unpaired) electrons. The Labute approximate surface area is 135 Å². The fourth-order valence-corrected chi connectivity index (χ4v) is 3.94. The Kier molecular flexibility index (Phi) is 3.63. The van der Waals surface area contributed by atoms with Crippen LogP contribution in [0.4, 0.5) is 0 Å². The molecule has 1 saturated heterocycles. The highest BCUT2D eigenvalue weighted by Gasteiger charge is 2.35. The number of likely N-dealkylation sites (tertiary alicyclic amines) is 1. The molecule has 1 fully saturated rings. The van der Waals surface area contributed by atoms with E-state index in [1.807, 2.05) is 17.9 Å². The van der Waals surface area contributed by atoms with Crippen LogP contribution in [0.3, 0.4) is 0 Å². The molecule has 1 amide bonds. The molecule has 0 bridgehead atoms. The Morgan fingerprint density at radius 2 is 2.17 bits per heavy atom. The molecule has 0 unspecified atom stereocenters. The molecule has 2 aromatic rings. The van der Waals surface area contributed by atoms with E-state index in [-0.39, 0.29) is 11.9 Å². The highest BCUT2D eigenvalue weighted by atomic mass is 16.3. The van der Waals surface area contributed by atoms with E-state index in [2.05, 4.69) is 9.97 Å². The van der Waals surface area contributed by atoms with Gasteiger partial charge in [0.25, 0.3) is 5.91 Å². The van der Waals surface area contributed by atoms with Gasteiger partial charge in [0.05, 0.1) is 17.3 Å². The lowest BCUT2D eigenvalue weighted by atomic mass is 9.94. The zero-order valence-corrected chi connectivity index (χ0v) is 13.4. The van der Waals surface area contributed by atoms with Gasteiger partial charge in [-0.25, -0.2) is 9.97 Å². The number of hydrogen-bond donors (Lipinski definition) is 0. The zero-order chi connectivity index (χ0) is 15.8. The smallest absolute Gasteiger partial charge is 0.258 e. The van der Waals surface area contributed by atoms with Crippen LogP contribution in [0.1, 0.15) is 64.9 Å². The predicted molar refractivity (Wildman–Crippen MR) is 85.1 cm³/mol. The van der Waals surface area contributed by atoms with Crippen molar-refractivity contribution in [1.82, 2.24) is 14.9 Å². The number of hydrogen-bond acceptors (Lipinski definition) is 4. The minimum absolute atomic E-state index is 0.0547. The van der Waals surface area contributed by atoms with Crippen LogP contribution in [-0.4, -0.2) is 27.3 Å². The normalized spacial score (nSPS) is 20.6. The highest BCUT2D eigenvalue weighted by Crippen LogP contribution is 2.36. The predicted octanol–water partition coefficient (Wildman–Crippen LogP) is 3.23. The molecular weight excluding hydrogens is 290 g/mol. The summed E-state index contributed by atoms with van der Waals surface area (Å²) in [5.41, 5.74) is 2.88. The van der Waals surface area contributed by atoms with Crippen LogP contribution in [-0.2, 0) is 12.8 Å². The van der Waals surface area contributed by atoms with Crippen LogP contribution in [0.5, 0.6) is 0 Å². The Morgan fingerprint density at radius 3 is 3.00 bits per heavy atom. The summed E-state index contributed by atoms with van der Waals surface area (Å²) in [6.07, 6.45) is 9.48. The molecule has 1 aliphatic carbocycles. The van der Waals surface area contributed by atoms with Gasteiger partial charge >= 0.3 is 0 Å². The second-order valence-corrected chi connectivity index (χ2v) is 6.43. The third-order valence-electron chi connectivity index (χ3n) is 5.02. The number of carbonyl (C=O) groups excluding carboxylic acids is 1. The molecule has 4 rings (SSSR count). The van der Waals surface area contributed by atoms with Crippen molar-refractivity contribution >= 4 is 5.91 Å². The minimum atomic E-state index is 0.0547. The SMILES string of the molecule is Cc1oc2c(c1C(=O)N1CCC[C@H]1c1ccncn1)CCCC2. The van der Waals surface area contributed by atoms with E-state index in [9.17, 15) is 4.79 Å². The molecular formula is C18H21N3O2. The van der Waals surface area contributed by atoms with E-state index >= 15 is 0 Å². The lowest BCUT2D eigenvalue weighted by Gasteiger charge is -2.25. The summed E-state index contributed by atoms with van der Waals surface area (Å²) in [7, 11) is 0. The van der Waals surface area contributed by atoms with Gasteiger partial charge in [0.1, 0.15) is 17.8 Å². The number of aromatic nitrogens is 2. The van der Waals surface area contributed by atoms with Gasteiger partial charge in [-0.2, -0.15) is 0 Å². The molecule has 0 N–H and O–H groups in total. The fourth-order valence-electron chi connectivity index (χ4n) is 3.94. The molecule has 2 aliphatic rings. The molecule has 0 spiro atoms. The number of carbonyl (C=O) groups is 1. The highest BCUT2D eigenvalue weighted by molar-refractivity contribution is 5.97. The number of furan rings is 1. The van der Waals surface area contributed by atoms with Gasteiger partial charge < -0.3 is 9.32 Å². The summed E-state index contributed by atoms with van der Waals surface area (Å²) >= 11 is 0. The van der Waals surface area contributed by atoms with Crippen molar-refractivity contribution < 1.29 is 9.21 Å². The van der Waals surface area contributed by atoms with Crippen molar-refractivity contribution in [2.45, 2.75) is 51.5 Å². The van der Waals surface area contributed by atoms with Crippen LogP contribution >= 0.6 is 0 Å². The van der Waals surface area contributed by atoms with E-state index in [0.29, 0.717) is 0 Å². The largest absolute Gasteiger partial charge is 0.465 e. The van der Waals surface area contributed by atoms with Crippen LogP contribution in [0.2, 0.25) is 0 Å². The monoisotopic (exact) mass is 311 g/mol. The maximum absolute atomic E-state index is 13.2. The second kappa shape index (κ2) is 5.80. The first kappa shape index (κ1) is 14.4. The van der Waals surface area contributed by atoms with Gasteiger partial charge in [-0.3, -0.25) is 4.79 Å². The minimum Gasteiger partial charge on any atom is -0.465 e. The molecule has 2 aromatic heterocycles. The maximum atomic E-state index is 13.2. The summed E-state index contributed by atoms with van der Waals surface area (Å²) in [6.45, 7) is 2.70. The molecule has 0 saturated carbocycles. The molecule has 0 aromatic carbocycles. The van der Waals surface area contributed by atoms with E-state index in [1.54, 1.807) is 12.5 Å². The van der Waals surface area contributed by atoms with Crippen molar-refractivity contribution in [3.8, 4) is 0 Å². The maximum Gasteiger partial charge on any atom is 0.258 e. The van der Waals surface area contributed by atoms with E-state index in [4.69, 9.17) is 4.42 Å². The fraction of sp³-hybridized carbons (Fsp3) is 0.500. The molecule has 23 heavy (non-hydrogen) atoms. The lowest BCUT2D eigenvalue weighted by Crippen LogP contribution is -2.32. The van der Waals surface area contributed by atoms with Crippen LogP contribution in [0.15, 0.2) is 23.0 Å². The van der Waals surface area contributed by atoms with Gasteiger partial charge in [-0.05, 0) is 45.1 Å². The lowest BCUT2D eigenvalue weighted by molar-refractivity contribution is 0.0730. The Hall–Kier alpha value is -2.17. The first-order valence-electron chi connectivity index (χ1n) is 8.43. The standard InChI is InChI=1S/C18H21N3O2/c1-12-17(13-5-2-3-7-16(13)23-12)18(22)21-10-4-6-15(21)14-8-9-19-11-20-14/h8-9,11,15H,2-7,10H2,1H3/t15-/m0/s1. The second-order valence-electron chi connectivity index (χ2n) is 6.43. The summed E-state index contributed by atoms with van der Waals surface area (Å²) in [4.78, 5) is 23.5. The van der Waals surface area contributed by atoms with E-state index < -0.39 is 0 Å². The number of nitrogens with zero attached hydrogens (tertiary/aromatic N) is 3. The van der Waals surface area contributed by atoms with E-state index in [1.165, 1.54) is 0 Å². The number of fused-ring (bicyclic) bond motifs is 1. The van der Waals surface area contributed by atoms with Gasteiger partial charge in [0, 0.05) is 24.7 Å². The molecule has 1 atom stereocenters.